The number of hydrogen-bond acceptors (Lipinski definition) is 4. The summed E-state index contributed by atoms with van der Waals surface area (Å²) in [7, 11) is 0. The average Bonchev–Trinajstić information content (AvgIpc) is 2.23. The Morgan fingerprint density at radius 1 is 1.37 bits per heavy atom. The van der Waals surface area contributed by atoms with Crippen molar-refractivity contribution in [2.45, 2.75) is 38.8 Å². The summed E-state index contributed by atoms with van der Waals surface area (Å²) in [6, 6.07) is 2.94. The minimum Gasteiger partial charge on any atom is -0.506 e. The SMILES string of the molecule is CC(C)(C)OC(=O)[C@H](N)Cc1cc(I)c(O)c(I)c1. The highest BCUT2D eigenvalue weighted by atomic mass is 127. The molecule has 1 atom stereocenters. The molecular formula is C13H17I2NO3. The van der Waals surface area contributed by atoms with Crippen molar-refractivity contribution in [3.8, 4) is 5.75 Å². The monoisotopic (exact) mass is 489 g/mol. The lowest BCUT2D eigenvalue weighted by Crippen LogP contribution is -2.38. The highest BCUT2D eigenvalue weighted by molar-refractivity contribution is 14.1. The number of esters is 1. The van der Waals surface area contributed by atoms with Gasteiger partial charge in [0.25, 0.3) is 0 Å². The maximum Gasteiger partial charge on any atom is 0.323 e. The molecule has 6 heteroatoms. The fourth-order valence-corrected chi connectivity index (χ4v) is 3.35. The summed E-state index contributed by atoms with van der Waals surface area (Å²) >= 11 is 4.10. The van der Waals surface area contributed by atoms with Crippen molar-refractivity contribution in [2.24, 2.45) is 5.73 Å². The Morgan fingerprint density at radius 3 is 2.26 bits per heavy atom. The molecule has 0 spiro atoms. The Hall–Kier alpha value is -0.0900. The fourth-order valence-electron chi connectivity index (χ4n) is 1.45. The zero-order valence-corrected chi connectivity index (χ0v) is 15.4. The largest absolute Gasteiger partial charge is 0.506 e. The van der Waals surface area contributed by atoms with Gasteiger partial charge in [-0.15, -0.1) is 0 Å². The first-order chi connectivity index (χ1) is 8.60. The molecule has 0 unspecified atom stereocenters. The van der Waals surface area contributed by atoms with Crippen molar-refractivity contribution < 1.29 is 14.6 Å². The van der Waals surface area contributed by atoms with Crippen molar-refractivity contribution in [2.75, 3.05) is 0 Å². The normalized spacial score (nSPS) is 13.2. The summed E-state index contributed by atoms with van der Waals surface area (Å²) in [5, 5.41) is 9.69. The Labute approximate surface area is 140 Å². The number of ether oxygens (including phenoxy) is 1. The quantitative estimate of drug-likeness (QED) is 0.507. The van der Waals surface area contributed by atoms with Gasteiger partial charge in [-0.25, -0.2) is 0 Å². The van der Waals surface area contributed by atoms with Crippen molar-refractivity contribution in [3.63, 3.8) is 0 Å². The molecule has 0 radical (unpaired) electrons. The van der Waals surface area contributed by atoms with Crippen molar-refractivity contribution >= 4 is 51.2 Å². The number of phenols is 1. The number of nitrogens with two attached hydrogens (primary N) is 1. The number of carbonyl (C=O) groups is 1. The van der Waals surface area contributed by atoms with Gasteiger partial charge in [0, 0.05) is 0 Å². The summed E-state index contributed by atoms with van der Waals surface area (Å²) in [5.74, 6) is -0.151. The third-order valence-electron chi connectivity index (χ3n) is 2.24. The number of hydrogen-bond donors (Lipinski definition) is 2. The minimum absolute atomic E-state index is 0.260. The number of benzene rings is 1. The second-order valence-corrected chi connectivity index (χ2v) is 7.58. The van der Waals surface area contributed by atoms with E-state index in [9.17, 15) is 9.90 Å². The third-order valence-corrected chi connectivity index (χ3v) is 3.89. The molecule has 1 aromatic rings. The molecule has 0 amide bonds. The molecule has 106 valence electrons. The molecule has 0 heterocycles. The molecule has 0 bridgehead atoms. The van der Waals surface area contributed by atoms with E-state index in [0.29, 0.717) is 6.42 Å². The Balaban J connectivity index is 2.77. The summed E-state index contributed by atoms with van der Waals surface area (Å²) in [6.45, 7) is 5.43. The predicted molar refractivity (Wildman–Crippen MR) is 91.1 cm³/mol. The van der Waals surface area contributed by atoms with Crippen LogP contribution in [0.5, 0.6) is 5.75 Å². The van der Waals surface area contributed by atoms with E-state index in [0.717, 1.165) is 12.7 Å². The highest BCUT2D eigenvalue weighted by Crippen LogP contribution is 2.27. The maximum atomic E-state index is 11.8. The Morgan fingerprint density at radius 2 is 1.84 bits per heavy atom. The molecule has 19 heavy (non-hydrogen) atoms. The van der Waals surface area contributed by atoms with Gasteiger partial charge in [-0.1, -0.05) is 0 Å². The smallest absolute Gasteiger partial charge is 0.323 e. The topological polar surface area (TPSA) is 72.5 Å². The molecule has 4 nitrogen and oxygen atoms in total. The van der Waals surface area contributed by atoms with Gasteiger partial charge in [-0.2, -0.15) is 0 Å². The number of rotatable bonds is 3. The summed E-state index contributed by atoms with van der Waals surface area (Å²) in [4.78, 5) is 11.8. The van der Waals surface area contributed by atoms with Crippen LogP contribution in [0.3, 0.4) is 0 Å². The standard InChI is InChI=1S/C13H17I2NO3/c1-13(2,3)19-12(18)10(16)6-7-4-8(14)11(17)9(15)5-7/h4-5,10,17H,6,16H2,1-3H3/t10-/m1/s1. The second-order valence-electron chi connectivity index (χ2n) is 5.25. The van der Waals surface area contributed by atoms with Gasteiger partial charge in [0.15, 0.2) is 0 Å². The van der Waals surface area contributed by atoms with Gasteiger partial charge in [0.05, 0.1) is 7.14 Å². The molecule has 0 saturated carbocycles. The lowest BCUT2D eigenvalue weighted by Gasteiger charge is -2.22. The van der Waals surface area contributed by atoms with Gasteiger partial charge in [0.1, 0.15) is 17.4 Å². The van der Waals surface area contributed by atoms with E-state index in [-0.39, 0.29) is 5.75 Å². The number of aromatic hydroxyl groups is 1. The van der Waals surface area contributed by atoms with Crippen LogP contribution < -0.4 is 5.73 Å². The summed E-state index contributed by atoms with van der Waals surface area (Å²) < 4.78 is 6.73. The van der Waals surface area contributed by atoms with E-state index in [2.05, 4.69) is 45.2 Å². The molecule has 0 saturated heterocycles. The summed E-state index contributed by atoms with van der Waals surface area (Å²) in [6.07, 6.45) is 0.390. The minimum atomic E-state index is -0.699. The van der Waals surface area contributed by atoms with E-state index in [1.54, 1.807) is 0 Å². The van der Waals surface area contributed by atoms with Crippen molar-refractivity contribution in [3.05, 3.63) is 24.8 Å². The first kappa shape index (κ1) is 17.0. The zero-order valence-electron chi connectivity index (χ0n) is 11.0. The Kier molecular flexibility index (Phi) is 5.87. The molecule has 0 aliphatic rings. The highest BCUT2D eigenvalue weighted by Gasteiger charge is 2.22. The molecular weight excluding hydrogens is 472 g/mol. The zero-order chi connectivity index (χ0) is 14.8. The average molecular weight is 489 g/mol. The maximum absolute atomic E-state index is 11.8. The van der Waals surface area contributed by atoms with Gasteiger partial charge in [0.2, 0.25) is 0 Å². The number of phenolic OH excluding ortho intramolecular Hbond substituents is 1. The molecule has 1 rings (SSSR count). The molecule has 0 aliphatic carbocycles. The third kappa shape index (κ3) is 5.42. The van der Waals surface area contributed by atoms with Crippen LogP contribution >= 0.6 is 45.2 Å². The van der Waals surface area contributed by atoms with E-state index < -0.39 is 17.6 Å². The lowest BCUT2D eigenvalue weighted by molar-refractivity contribution is -0.156. The fraction of sp³-hybridized carbons (Fsp3) is 0.462. The van der Waals surface area contributed by atoms with Crippen LogP contribution in [-0.2, 0) is 16.0 Å². The summed E-state index contributed by atoms with van der Waals surface area (Å²) in [5.41, 5.74) is 6.22. The van der Waals surface area contributed by atoms with Gasteiger partial charge < -0.3 is 15.6 Å². The van der Waals surface area contributed by atoms with Gasteiger partial charge in [-0.3, -0.25) is 4.79 Å². The molecule has 0 aliphatic heterocycles. The van der Waals surface area contributed by atoms with Crippen LogP contribution in [0.2, 0.25) is 0 Å². The van der Waals surface area contributed by atoms with Crippen LogP contribution in [0.15, 0.2) is 12.1 Å². The molecule has 0 fully saturated rings. The van der Waals surface area contributed by atoms with Crippen LogP contribution in [0.1, 0.15) is 26.3 Å². The number of halogens is 2. The molecule has 1 aromatic carbocycles. The van der Waals surface area contributed by atoms with Crippen LogP contribution in [0.4, 0.5) is 0 Å². The first-order valence-electron chi connectivity index (χ1n) is 5.75. The van der Waals surface area contributed by atoms with Crippen LogP contribution in [-0.4, -0.2) is 22.7 Å². The van der Waals surface area contributed by atoms with E-state index in [4.69, 9.17) is 10.5 Å². The first-order valence-corrected chi connectivity index (χ1v) is 7.91. The van der Waals surface area contributed by atoms with E-state index in [1.165, 1.54) is 0 Å². The lowest BCUT2D eigenvalue weighted by atomic mass is 10.1. The predicted octanol–water partition coefficient (Wildman–Crippen LogP) is 2.81. The number of carbonyl (C=O) groups excluding carboxylic acids is 1. The van der Waals surface area contributed by atoms with Crippen molar-refractivity contribution in [1.82, 2.24) is 0 Å². The molecule has 3 N–H and O–H groups in total. The van der Waals surface area contributed by atoms with E-state index >= 15 is 0 Å². The van der Waals surface area contributed by atoms with Crippen LogP contribution in [0, 0.1) is 7.14 Å². The van der Waals surface area contributed by atoms with Crippen molar-refractivity contribution in [1.29, 1.82) is 0 Å². The van der Waals surface area contributed by atoms with Gasteiger partial charge >= 0.3 is 5.97 Å². The van der Waals surface area contributed by atoms with E-state index in [1.807, 2.05) is 32.9 Å². The Bertz CT molecular complexity index is 460. The molecule has 0 aromatic heterocycles. The van der Waals surface area contributed by atoms with Gasteiger partial charge in [-0.05, 0) is 90.1 Å². The second kappa shape index (κ2) is 6.57. The van der Waals surface area contributed by atoms with Crippen LogP contribution in [0.25, 0.3) is 0 Å².